The van der Waals surface area contributed by atoms with Gasteiger partial charge in [0.05, 0.1) is 0 Å². The molecule has 0 N–H and O–H groups in total. The van der Waals surface area contributed by atoms with Crippen LogP contribution in [0, 0.1) is 0 Å². The van der Waals surface area contributed by atoms with Crippen LogP contribution in [0.3, 0.4) is 0 Å². The van der Waals surface area contributed by atoms with E-state index in [9.17, 15) is 0 Å². The van der Waals surface area contributed by atoms with Crippen molar-refractivity contribution < 1.29 is 116 Å². The molecule has 0 saturated heterocycles. The van der Waals surface area contributed by atoms with E-state index in [-0.39, 0.29) is 116 Å². The molecule has 0 aromatic heterocycles. The largest absolute Gasteiger partial charge is 4.00 e. The van der Waals surface area contributed by atoms with E-state index in [1.54, 1.807) is 0 Å². The fourth-order valence-corrected chi connectivity index (χ4v) is 8.97. The first-order valence-corrected chi connectivity index (χ1v) is 15.5. The summed E-state index contributed by atoms with van der Waals surface area (Å²) in [5, 5.41) is 8.39. The Bertz CT molecular complexity index is 1190. The van der Waals surface area contributed by atoms with E-state index in [4.69, 9.17) is 0 Å². The minimum Gasteiger partial charge on any atom is -1.00 e. The number of rotatable bonds is 6. The molecule has 0 fully saturated rings. The van der Waals surface area contributed by atoms with E-state index in [1.165, 1.54) is 31.8 Å². The van der Waals surface area contributed by atoms with Gasteiger partial charge in [-0.15, -0.1) is 0 Å². The third-order valence-corrected chi connectivity index (χ3v) is 11.0. The maximum absolute atomic E-state index is 2.23. The molecule has 0 heterocycles. The van der Waals surface area contributed by atoms with Crippen LogP contribution in [0.5, 0.6) is 0 Å². The van der Waals surface area contributed by atoms with Crippen LogP contribution in [0.25, 0.3) is 0 Å². The molecule has 43 heavy (non-hydrogen) atoms. The van der Waals surface area contributed by atoms with E-state index < -0.39 is 15.8 Å². The van der Waals surface area contributed by atoms with Gasteiger partial charge in [0.25, 0.3) is 0 Å². The molecule has 6 aromatic rings. The molecule has 0 spiro atoms. The van der Waals surface area contributed by atoms with Crippen molar-refractivity contribution in [1.29, 1.82) is 0 Å². The van der Waals surface area contributed by atoms with Crippen molar-refractivity contribution >= 4 is 47.7 Å². The van der Waals surface area contributed by atoms with Crippen LogP contribution < -0.4 is 128 Å². The van der Waals surface area contributed by atoms with Gasteiger partial charge in [0.2, 0.25) is 0 Å². The summed E-state index contributed by atoms with van der Waals surface area (Å²) >= 11 is 0. The zero-order valence-electron chi connectivity index (χ0n) is 23.1. The third kappa shape index (κ3) is 12.8. The zero-order chi connectivity index (χ0) is 25.8. The summed E-state index contributed by atoms with van der Waals surface area (Å²) in [5.41, 5.74) is 0. The summed E-state index contributed by atoms with van der Waals surface area (Å²) in [7, 11) is -0.892. The van der Waals surface area contributed by atoms with Crippen LogP contribution in [0.2, 0.25) is 0 Å². The van der Waals surface area contributed by atoms with Crippen molar-refractivity contribution in [3.05, 3.63) is 182 Å². The number of hydrogen-bond acceptors (Lipinski definition) is 0. The average Bonchev–Trinajstić information content (AvgIpc) is 3.01. The van der Waals surface area contributed by atoms with Crippen molar-refractivity contribution in [2.75, 3.05) is 0 Å². The van der Waals surface area contributed by atoms with Crippen LogP contribution in [0.15, 0.2) is 182 Å². The summed E-state index contributed by atoms with van der Waals surface area (Å²) in [6, 6.07) is 64.7. The van der Waals surface area contributed by atoms with Crippen LogP contribution >= 0.6 is 15.8 Å². The monoisotopic (exact) mass is 1220 g/mol. The Hall–Kier alpha value is -0.251. The van der Waals surface area contributed by atoms with Gasteiger partial charge in [0.1, 0.15) is 0 Å². The number of hydrogen-bond donors (Lipinski definition) is 0. The zero-order valence-corrected chi connectivity index (χ0v) is 35.9. The normalized spacial score (nSPS) is 9.35. The molecule has 0 bridgehead atoms. The number of halogens is 4. The smallest absolute Gasteiger partial charge is 1.00 e. The van der Waals surface area contributed by atoms with Crippen molar-refractivity contribution in [2.24, 2.45) is 0 Å². The Kier molecular flexibility index (Phi) is 23.9. The summed E-state index contributed by atoms with van der Waals surface area (Å²) in [5.74, 6) is 0. The Morgan fingerprint density at radius 3 is 0.442 bits per heavy atom. The molecule has 1 radical (unpaired) electrons. The minimum absolute atomic E-state index is 0. The quantitative estimate of drug-likeness (QED) is 0.116. The van der Waals surface area contributed by atoms with Crippen LogP contribution in [0.4, 0.5) is 0 Å². The van der Waals surface area contributed by atoms with Crippen molar-refractivity contribution in [3.8, 4) is 0 Å². The fraction of sp³-hybridized carbons (Fsp3) is 0. The average molecular weight is 1220 g/mol. The Labute approximate surface area is 341 Å². The molecule has 0 aliphatic carbocycles. The molecular formula is C36H30I4IrP2. The molecule has 221 valence electrons. The van der Waals surface area contributed by atoms with Gasteiger partial charge >= 0.3 is 20.1 Å². The number of benzene rings is 6. The molecular weight excluding hydrogens is 1190 g/mol. The maximum atomic E-state index is 2.23. The molecule has 0 aliphatic rings. The minimum atomic E-state index is -0.446. The Morgan fingerprint density at radius 1 is 0.209 bits per heavy atom. The van der Waals surface area contributed by atoms with Crippen LogP contribution in [-0.2, 0) is 20.1 Å². The second-order valence-electron chi connectivity index (χ2n) is 8.68. The summed E-state index contributed by atoms with van der Waals surface area (Å²) in [6.07, 6.45) is 0. The van der Waals surface area contributed by atoms with Crippen molar-refractivity contribution in [3.63, 3.8) is 0 Å². The van der Waals surface area contributed by atoms with Crippen molar-refractivity contribution in [2.45, 2.75) is 0 Å². The maximum Gasteiger partial charge on any atom is 4.00 e. The van der Waals surface area contributed by atoms with Gasteiger partial charge in [0.15, 0.2) is 0 Å². The fourth-order valence-electron chi connectivity index (χ4n) is 4.36. The van der Waals surface area contributed by atoms with E-state index in [0.717, 1.165) is 0 Å². The predicted octanol–water partition coefficient (Wildman–Crippen LogP) is -5.10. The van der Waals surface area contributed by atoms with E-state index in [1.807, 2.05) is 0 Å². The Balaban J connectivity index is 0.000000735. The molecule has 0 nitrogen and oxygen atoms in total. The molecule has 6 aromatic carbocycles. The van der Waals surface area contributed by atoms with Gasteiger partial charge in [-0.05, 0) is 47.7 Å². The van der Waals surface area contributed by atoms with Gasteiger partial charge in [-0.1, -0.05) is 182 Å². The summed E-state index contributed by atoms with van der Waals surface area (Å²) in [4.78, 5) is 0. The van der Waals surface area contributed by atoms with Crippen molar-refractivity contribution in [1.82, 2.24) is 0 Å². The first-order chi connectivity index (χ1) is 18.9. The second kappa shape index (κ2) is 24.0. The topological polar surface area (TPSA) is 0 Å². The molecule has 0 aliphatic heterocycles. The first-order valence-electron chi connectivity index (χ1n) is 12.8. The SMILES string of the molecule is [I-].[I-].[I-].[I-].[Ir+4].c1ccc(P(c2ccccc2)c2ccccc2)cc1.c1ccc(P(c2ccccc2)c2ccccc2)cc1. The van der Waals surface area contributed by atoms with E-state index in [0.29, 0.717) is 0 Å². The molecule has 7 heteroatoms. The second-order valence-corrected chi connectivity index (χ2v) is 13.1. The molecule has 0 amide bonds. The van der Waals surface area contributed by atoms with Crippen LogP contribution in [-0.4, -0.2) is 0 Å². The molecule has 6 rings (SSSR count). The van der Waals surface area contributed by atoms with Gasteiger partial charge in [-0.2, -0.15) is 0 Å². The van der Waals surface area contributed by atoms with Gasteiger partial charge in [-0.3, -0.25) is 0 Å². The molecule has 0 unspecified atom stereocenters. The van der Waals surface area contributed by atoms with E-state index in [2.05, 4.69) is 182 Å². The predicted molar refractivity (Wildman–Crippen MR) is 170 cm³/mol. The van der Waals surface area contributed by atoms with E-state index >= 15 is 0 Å². The molecule has 0 saturated carbocycles. The summed E-state index contributed by atoms with van der Waals surface area (Å²) < 4.78 is 0. The Morgan fingerprint density at radius 2 is 0.326 bits per heavy atom. The standard InChI is InChI=1S/2C18H15P.4HI.Ir/c2*1-4-10-16(11-5-1)19(17-12-6-2-7-13-17)18-14-8-3-9-15-18;;;;;/h2*1-15H;4*1H;/q;;;;;;+4/p-4. The van der Waals surface area contributed by atoms with Gasteiger partial charge < -0.3 is 95.9 Å². The molecule has 0 atom stereocenters. The summed E-state index contributed by atoms with van der Waals surface area (Å²) in [6.45, 7) is 0. The van der Waals surface area contributed by atoms with Crippen LogP contribution in [0.1, 0.15) is 0 Å². The van der Waals surface area contributed by atoms with Gasteiger partial charge in [0, 0.05) is 0 Å². The van der Waals surface area contributed by atoms with Gasteiger partial charge in [-0.25, -0.2) is 0 Å². The first kappa shape index (κ1) is 42.7. The third-order valence-electron chi connectivity index (χ3n) is 6.09.